The number of benzene rings is 1. The molecule has 2 rings (SSSR count). The molecule has 19 heavy (non-hydrogen) atoms. The van der Waals surface area contributed by atoms with Gasteiger partial charge in [0.05, 0.1) is 17.7 Å². The lowest BCUT2D eigenvalue weighted by Crippen LogP contribution is -2.13. The van der Waals surface area contributed by atoms with Crippen molar-refractivity contribution in [1.82, 2.24) is 9.55 Å². The van der Waals surface area contributed by atoms with E-state index in [2.05, 4.69) is 10.3 Å². The second-order valence-corrected chi connectivity index (χ2v) is 4.56. The molecule has 1 aromatic carbocycles. The molecule has 0 bridgehead atoms. The number of nitrogens with zero attached hydrogens (tertiary/aromatic N) is 2. The standard InChI is InChI=1S/C14H16ClN3O/c15-8-4-3-7-14(19)17-12-5-1-2-6-13(12)18-10-9-16-11-18/h1-2,5-6,9-11H,3-4,7-8H2,(H,17,19). The van der Waals surface area contributed by atoms with Crippen molar-refractivity contribution in [2.24, 2.45) is 0 Å². The zero-order chi connectivity index (χ0) is 13.5. The predicted molar refractivity (Wildman–Crippen MR) is 76.8 cm³/mol. The fraction of sp³-hybridized carbons (Fsp3) is 0.286. The summed E-state index contributed by atoms with van der Waals surface area (Å²) in [7, 11) is 0. The van der Waals surface area contributed by atoms with Crippen LogP contribution in [0.15, 0.2) is 43.0 Å². The number of rotatable bonds is 6. The molecular weight excluding hydrogens is 262 g/mol. The summed E-state index contributed by atoms with van der Waals surface area (Å²) in [6, 6.07) is 7.65. The molecule has 100 valence electrons. The van der Waals surface area contributed by atoms with Gasteiger partial charge in [-0.15, -0.1) is 11.6 Å². The fourth-order valence-corrected chi connectivity index (χ4v) is 1.99. The van der Waals surface area contributed by atoms with Crippen molar-refractivity contribution in [2.45, 2.75) is 19.3 Å². The average molecular weight is 278 g/mol. The topological polar surface area (TPSA) is 46.9 Å². The molecule has 1 amide bonds. The van der Waals surface area contributed by atoms with E-state index in [9.17, 15) is 4.79 Å². The molecule has 0 saturated heterocycles. The van der Waals surface area contributed by atoms with Crippen LogP contribution in [0.1, 0.15) is 19.3 Å². The van der Waals surface area contributed by atoms with Gasteiger partial charge in [-0.25, -0.2) is 4.98 Å². The molecule has 2 aromatic rings. The van der Waals surface area contributed by atoms with Crippen LogP contribution in [-0.4, -0.2) is 21.3 Å². The third-order valence-corrected chi connectivity index (χ3v) is 3.02. The number of aromatic nitrogens is 2. The van der Waals surface area contributed by atoms with Gasteiger partial charge in [-0.1, -0.05) is 12.1 Å². The van der Waals surface area contributed by atoms with Crippen molar-refractivity contribution >= 4 is 23.2 Å². The minimum absolute atomic E-state index is 0.0117. The maximum Gasteiger partial charge on any atom is 0.224 e. The highest BCUT2D eigenvalue weighted by Crippen LogP contribution is 2.19. The van der Waals surface area contributed by atoms with E-state index >= 15 is 0 Å². The number of imidazole rings is 1. The quantitative estimate of drug-likeness (QED) is 0.651. The number of amides is 1. The lowest BCUT2D eigenvalue weighted by molar-refractivity contribution is -0.116. The number of carbonyl (C=O) groups is 1. The van der Waals surface area contributed by atoms with Gasteiger partial charge >= 0.3 is 0 Å². The molecule has 1 N–H and O–H groups in total. The van der Waals surface area contributed by atoms with Crippen LogP contribution in [-0.2, 0) is 4.79 Å². The van der Waals surface area contributed by atoms with Gasteiger partial charge in [-0.05, 0) is 25.0 Å². The maximum absolute atomic E-state index is 11.8. The molecule has 0 aliphatic heterocycles. The van der Waals surface area contributed by atoms with Gasteiger partial charge in [0, 0.05) is 24.7 Å². The van der Waals surface area contributed by atoms with Gasteiger partial charge in [0.1, 0.15) is 0 Å². The van der Waals surface area contributed by atoms with Crippen molar-refractivity contribution in [2.75, 3.05) is 11.2 Å². The van der Waals surface area contributed by atoms with Crippen LogP contribution in [0.25, 0.3) is 5.69 Å². The Morgan fingerprint density at radius 2 is 2.16 bits per heavy atom. The lowest BCUT2D eigenvalue weighted by atomic mass is 10.2. The van der Waals surface area contributed by atoms with Crippen LogP contribution in [0.4, 0.5) is 5.69 Å². The Balaban J connectivity index is 2.06. The van der Waals surface area contributed by atoms with E-state index in [0.717, 1.165) is 24.2 Å². The molecule has 0 radical (unpaired) electrons. The first-order valence-electron chi connectivity index (χ1n) is 6.24. The van der Waals surface area contributed by atoms with E-state index in [1.165, 1.54) is 0 Å². The van der Waals surface area contributed by atoms with Gasteiger partial charge < -0.3 is 9.88 Å². The molecule has 1 aromatic heterocycles. The Kier molecular flexibility index (Phi) is 4.98. The first-order valence-corrected chi connectivity index (χ1v) is 6.78. The first kappa shape index (κ1) is 13.6. The van der Waals surface area contributed by atoms with Crippen molar-refractivity contribution in [3.8, 4) is 5.69 Å². The minimum atomic E-state index is 0.0117. The van der Waals surface area contributed by atoms with Gasteiger partial charge in [0.25, 0.3) is 0 Å². The Morgan fingerprint density at radius 1 is 1.32 bits per heavy atom. The van der Waals surface area contributed by atoms with Crippen LogP contribution in [0.3, 0.4) is 0 Å². The van der Waals surface area contributed by atoms with E-state index < -0.39 is 0 Å². The van der Waals surface area contributed by atoms with Gasteiger partial charge in [-0.3, -0.25) is 4.79 Å². The molecule has 0 atom stereocenters. The minimum Gasteiger partial charge on any atom is -0.324 e. The second-order valence-electron chi connectivity index (χ2n) is 4.18. The molecular formula is C14H16ClN3O. The van der Waals surface area contributed by atoms with E-state index in [4.69, 9.17) is 11.6 Å². The highest BCUT2D eigenvalue weighted by molar-refractivity contribution is 6.17. The number of hydrogen-bond acceptors (Lipinski definition) is 2. The molecule has 0 aliphatic carbocycles. The summed E-state index contributed by atoms with van der Waals surface area (Å²) in [5.74, 6) is 0.608. The molecule has 5 heteroatoms. The molecule has 0 saturated carbocycles. The summed E-state index contributed by atoms with van der Waals surface area (Å²) < 4.78 is 1.87. The average Bonchev–Trinajstić information content (AvgIpc) is 2.93. The summed E-state index contributed by atoms with van der Waals surface area (Å²) in [5, 5.41) is 2.93. The molecule has 4 nitrogen and oxygen atoms in total. The largest absolute Gasteiger partial charge is 0.324 e. The van der Waals surface area contributed by atoms with E-state index in [1.54, 1.807) is 12.5 Å². The smallest absolute Gasteiger partial charge is 0.224 e. The SMILES string of the molecule is O=C(CCCCCl)Nc1ccccc1-n1ccnc1. The monoisotopic (exact) mass is 277 g/mol. The number of para-hydroxylation sites is 2. The highest BCUT2D eigenvalue weighted by atomic mass is 35.5. The molecule has 0 unspecified atom stereocenters. The number of anilines is 1. The normalized spacial score (nSPS) is 10.4. The summed E-state index contributed by atoms with van der Waals surface area (Å²) in [4.78, 5) is 15.8. The van der Waals surface area contributed by atoms with Gasteiger partial charge in [0.15, 0.2) is 0 Å². The summed E-state index contributed by atoms with van der Waals surface area (Å²) in [5.41, 5.74) is 1.70. The number of carbonyl (C=O) groups excluding carboxylic acids is 1. The van der Waals surface area contributed by atoms with Crippen LogP contribution in [0.2, 0.25) is 0 Å². The summed E-state index contributed by atoms with van der Waals surface area (Å²) in [6.45, 7) is 0. The number of unbranched alkanes of at least 4 members (excludes halogenated alkanes) is 1. The van der Waals surface area contributed by atoms with Crippen LogP contribution < -0.4 is 5.32 Å². The van der Waals surface area contributed by atoms with Crippen LogP contribution in [0.5, 0.6) is 0 Å². The fourth-order valence-electron chi connectivity index (χ4n) is 1.80. The second kappa shape index (κ2) is 6.95. The van der Waals surface area contributed by atoms with Crippen LogP contribution in [0, 0.1) is 0 Å². The van der Waals surface area contributed by atoms with Crippen LogP contribution >= 0.6 is 11.6 Å². The molecule has 0 spiro atoms. The van der Waals surface area contributed by atoms with Crippen molar-refractivity contribution in [1.29, 1.82) is 0 Å². The molecule has 0 fully saturated rings. The number of nitrogens with one attached hydrogen (secondary N) is 1. The Bertz CT molecular complexity index is 525. The highest BCUT2D eigenvalue weighted by Gasteiger charge is 2.07. The third-order valence-electron chi connectivity index (χ3n) is 2.75. The predicted octanol–water partition coefficient (Wildman–Crippen LogP) is 3.22. The van der Waals surface area contributed by atoms with E-state index in [-0.39, 0.29) is 5.91 Å². The molecule has 1 heterocycles. The number of alkyl halides is 1. The Labute approximate surface area is 117 Å². The molecule has 0 aliphatic rings. The van der Waals surface area contributed by atoms with Gasteiger partial charge in [0.2, 0.25) is 5.91 Å². The summed E-state index contributed by atoms with van der Waals surface area (Å²) in [6.07, 6.45) is 7.42. The zero-order valence-corrected chi connectivity index (χ0v) is 11.3. The number of hydrogen-bond donors (Lipinski definition) is 1. The van der Waals surface area contributed by atoms with Gasteiger partial charge in [-0.2, -0.15) is 0 Å². The third kappa shape index (κ3) is 3.83. The van der Waals surface area contributed by atoms with Crippen molar-refractivity contribution in [3.05, 3.63) is 43.0 Å². The number of halogens is 1. The maximum atomic E-state index is 11.8. The Morgan fingerprint density at radius 3 is 2.89 bits per heavy atom. The van der Waals surface area contributed by atoms with E-state index in [0.29, 0.717) is 12.3 Å². The van der Waals surface area contributed by atoms with Crippen molar-refractivity contribution < 1.29 is 4.79 Å². The zero-order valence-electron chi connectivity index (χ0n) is 10.6. The van der Waals surface area contributed by atoms with E-state index in [1.807, 2.05) is 35.0 Å². The summed E-state index contributed by atoms with van der Waals surface area (Å²) >= 11 is 5.60. The first-order chi connectivity index (χ1) is 9.31. The Hall–Kier alpha value is -1.81. The van der Waals surface area contributed by atoms with Crippen molar-refractivity contribution in [3.63, 3.8) is 0 Å². The lowest BCUT2D eigenvalue weighted by Gasteiger charge is -2.11.